The Hall–Kier alpha value is -0.0800. The molecule has 1 heterocycles. The number of hydrogen-bond acceptors (Lipinski definition) is 2. The van der Waals surface area contributed by atoms with Crippen molar-refractivity contribution in [1.29, 1.82) is 0 Å². The zero-order valence-corrected chi connectivity index (χ0v) is 17.7. The Morgan fingerprint density at radius 2 is 1.35 bits per heavy atom. The first-order valence-electron chi connectivity index (χ1n) is 12.1. The van der Waals surface area contributed by atoms with Crippen LogP contribution in [0, 0.1) is 17.8 Å². The summed E-state index contributed by atoms with van der Waals surface area (Å²) >= 11 is 0. The Labute approximate surface area is 162 Å². The van der Waals surface area contributed by atoms with E-state index in [2.05, 4.69) is 25.7 Å². The summed E-state index contributed by atoms with van der Waals surface area (Å²) in [5.74, 6) is 2.75. The van der Waals surface area contributed by atoms with Crippen molar-refractivity contribution in [3.8, 4) is 0 Å². The molecule has 0 aromatic carbocycles. The average molecular weight is 362 g/mol. The number of nitrogens with zero attached hydrogens (tertiary/aromatic N) is 1. The Morgan fingerprint density at radius 1 is 0.769 bits per heavy atom. The third-order valence-corrected chi connectivity index (χ3v) is 8.36. The maximum atomic E-state index is 6.79. The van der Waals surface area contributed by atoms with Gasteiger partial charge in [0.15, 0.2) is 0 Å². The summed E-state index contributed by atoms with van der Waals surface area (Å²) in [4.78, 5) is 3.08. The fourth-order valence-electron chi connectivity index (χ4n) is 6.84. The van der Waals surface area contributed by atoms with Gasteiger partial charge in [-0.25, -0.2) is 0 Å². The van der Waals surface area contributed by atoms with E-state index in [1.165, 1.54) is 83.5 Å². The molecule has 2 heteroatoms. The van der Waals surface area contributed by atoms with Crippen LogP contribution >= 0.6 is 0 Å². The number of hydrogen-bond donors (Lipinski definition) is 0. The third-order valence-electron chi connectivity index (χ3n) is 8.36. The summed E-state index contributed by atoms with van der Waals surface area (Å²) < 4.78 is 6.79. The van der Waals surface area contributed by atoms with E-state index >= 15 is 0 Å². The standard InChI is InChI=1S/C24H43NO/c1-4-5-6-19-9-11-20(12-10-19)25-21-13-7-17(2)15-23(21)26-24-16-18(3)8-14-22(24)25/h17-24H,4-16H2,1-3H3. The molecule has 0 N–H and O–H groups in total. The monoisotopic (exact) mass is 361 g/mol. The molecule has 3 saturated carbocycles. The number of rotatable bonds is 4. The predicted molar refractivity (Wildman–Crippen MR) is 109 cm³/mol. The maximum absolute atomic E-state index is 6.79. The van der Waals surface area contributed by atoms with Gasteiger partial charge in [-0.1, -0.05) is 40.0 Å². The highest BCUT2D eigenvalue weighted by molar-refractivity contribution is 5.02. The van der Waals surface area contributed by atoms with Crippen molar-refractivity contribution < 1.29 is 4.74 Å². The molecule has 150 valence electrons. The molecule has 2 nitrogen and oxygen atoms in total. The quantitative estimate of drug-likeness (QED) is 0.592. The Morgan fingerprint density at radius 3 is 1.88 bits per heavy atom. The van der Waals surface area contributed by atoms with Crippen LogP contribution in [-0.2, 0) is 4.74 Å². The molecule has 0 spiro atoms. The first-order valence-corrected chi connectivity index (χ1v) is 12.1. The summed E-state index contributed by atoms with van der Waals surface area (Å²) in [5.41, 5.74) is 0. The number of morpholine rings is 1. The number of fused-ring (bicyclic) bond motifs is 2. The van der Waals surface area contributed by atoms with Crippen molar-refractivity contribution in [1.82, 2.24) is 4.90 Å². The second kappa shape index (κ2) is 8.52. The minimum Gasteiger partial charge on any atom is -0.372 e. The molecule has 4 fully saturated rings. The molecule has 4 aliphatic rings. The topological polar surface area (TPSA) is 12.5 Å². The summed E-state index contributed by atoms with van der Waals surface area (Å²) in [6.45, 7) is 7.23. The largest absolute Gasteiger partial charge is 0.372 e. The molecule has 0 amide bonds. The first kappa shape index (κ1) is 19.2. The smallest absolute Gasteiger partial charge is 0.0737 e. The molecule has 6 atom stereocenters. The van der Waals surface area contributed by atoms with E-state index in [1.54, 1.807) is 0 Å². The minimum absolute atomic E-state index is 0.531. The van der Waals surface area contributed by atoms with E-state index in [1.807, 2.05) is 0 Å². The van der Waals surface area contributed by atoms with E-state index in [4.69, 9.17) is 4.74 Å². The molecule has 1 aliphatic heterocycles. The van der Waals surface area contributed by atoms with Crippen LogP contribution in [0.15, 0.2) is 0 Å². The average Bonchev–Trinajstić information content (AvgIpc) is 2.64. The van der Waals surface area contributed by atoms with Crippen LogP contribution in [-0.4, -0.2) is 35.2 Å². The van der Waals surface area contributed by atoms with Crippen molar-refractivity contribution in [3.05, 3.63) is 0 Å². The van der Waals surface area contributed by atoms with Crippen LogP contribution in [0.4, 0.5) is 0 Å². The highest BCUT2D eigenvalue weighted by Crippen LogP contribution is 2.45. The van der Waals surface area contributed by atoms with Gasteiger partial charge >= 0.3 is 0 Å². The fraction of sp³-hybridized carbons (Fsp3) is 1.00. The number of unbranched alkanes of at least 4 members (excludes halogenated alkanes) is 1. The van der Waals surface area contributed by atoms with E-state index in [0.717, 1.165) is 35.9 Å². The molecule has 0 aromatic rings. The van der Waals surface area contributed by atoms with Crippen molar-refractivity contribution in [2.75, 3.05) is 0 Å². The van der Waals surface area contributed by atoms with Gasteiger partial charge in [0.05, 0.1) is 12.2 Å². The second-order valence-corrected chi connectivity index (χ2v) is 10.4. The number of ether oxygens (including phenoxy) is 1. The molecule has 0 bridgehead atoms. The Bertz CT molecular complexity index is 417. The summed E-state index contributed by atoms with van der Waals surface area (Å²) in [5, 5.41) is 0. The zero-order valence-electron chi connectivity index (χ0n) is 17.7. The van der Waals surface area contributed by atoms with Crippen molar-refractivity contribution >= 4 is 0 Å². The van der Waals surface area contributed by atoms with Gasteiger partial charge in [0.25, 0.3) is 0 Å². The lowest BCUT2D eigenvalue weighted by atomic mass is 9.74. The molecular formula is C24H43NO. The van der Waals surface area contributed by atoms with Gasteiger partial charge in [-0.2, -0.15) is 0 Å². The normalized spacial score (nSPS) is 47.2. The Balaban J connectivity index is 1.46. The van der Waals surface area contributed by atoms with Crippen molar-refractivity contribution in [2.45, 2.75) is 135 Å². The lowest BCUT2D eigenvalue weighted by Crippen LogP contribution is -2.66. The van der Waals surface area contributed by atoms with Crippen LogP contribution in [0.1, 0.15) is 104 Å². The summed E-state index contributed by atoms with van der Waals surface area (Å²) in [6.07, 6.45) is 19.5. The SMILES string of the molecule is CCCCC1CCC(N2C3CCC(C)CC3OC3CC(C)CCC32)CC1. The summed E-state index contributed by atoms with van der Waals surface area (Å²) in [6, 6.07) is 2.33. The first-order chi connectivity index (χ1) is 12.7. The van der Waals surface area contributed by atoms with Crippen LogP contribution < -0.4 is 0 Å². The minimum atomic E-state index is 0.531. The highest BCUT2D eigenvalue weighted by atomic mass is 16.5. The third kappa shape index (κ3) is 4.02. The highest BCUT2D eigenvalue weighted by Gasteiger charge is 2.49. The van der Waals surface area contributed by atoms with Crippen LogP contribution in [0.5, 0.6) is 0 Å². The van der Waals surface area contributed by atoms with Gasteiger partial charge in [-0.15, -0.1) is 0 Å². The lowest BCUT2D eigenvalue weighted by molar-refractivity contribution is -0.199. The van der Waals surface area contributed by atoms with Gasteiger partial charge in [-0.3, -0.25) is 4.90 Å². The second-order valence-electron chi connectivity index (χ2n) is 10.4. The van der Waals surface area contributed by atoms with Crippen molar-refractivity contribution in [2.24, 2.45) is 17.8 Å². The maximum Gasteiger partial charge on any atom is 0.0737 e. The van der Waals surface area contributed by atoms with Crippen LogP contribution in [0.25, 0.3) is 0 Å². The molecule has 1 saturated heterocycles. The van der Waals surface area contributed by atoms with Gasteiger partial charge in [0.1, 0.15) is 0 Å². The van der Waals surface area contributed by atoms with Crippen LogP contribution in [0.2, 0.25) is 0 Å². The zero-order chi connectivity index (χ0) is 18.1. The molecule has 4 rings (SSSR count). The van der Waals surface area contributed by atoms with E-state index in [-0.39, 0.29) is 0 Å². The van der Waals surface area contributed by atoms with E-state index in [9.17, 15) is 0 Å². The molecular weight excluding hydrogens is 318 g/mol. The van der Waals surface area contributed by atoms with E-state index < -0.39 is 0 Å². The van der Waals surface area contributed by atoms with E-state index in [0.29, 0.717) is 12.2 Å². The van der Waals surface area contributed by atoms with Gasteiger partial charge in [-0.05, 0) is 82.0 Å². The lowest BCUT2D eigenvalue weighted by Gasteiger charge is -2.58. The molecule has 0 aromatic heterocycles. The van der Waals surface area contributed by atoms with Gasteiger partial charge < -0.3 is 4.74 Å². The molecule has 3 aliphatic carbocycles. The van der Waals surface area contributed by atoms with Crippen molar-refractivity contribution in [3.63, 3.8) is 0 Å². The van der Waals surface area contributed by atoms with Crippen LogP contribution in [0.3, 0.4) is 0 Å². The summed E-state index contributed by atoms with van der Waals surface area (Å²) in [7, 11) is 0. The van der Waals surface area contributed by atoms with Gasteiger partial charge in [0, 0.05) is 18.1 Å². The molecule has 6 unspecified atom stereocenters. The van der Waals surface area contributed by atoms with Gasteiger partial charge in [0.2, 0.25) is 0 Å². The molecule has 26 heavy (non-hydrogen) atoms. The Kier molecular flexibility index (Phi) is 6.30. The predicted octanol–water partition coefficient (Wildman–Crippen LogP) is 6.18. The fourth-order valence-corrected chi connectivity index (χ4v) is 6.84. The molecule has 0 radical (unpaired) electrons.